The van der Waals surface area contributed by atoms with Crippen LogP contribution >= 0.6 is 7.92 Å². The fourth-order valence-corrected chi connectivity index (χ4v) is 10.5. The first-order valence-electron chi connectivity index (χ1n) is 9.32. The van der Waals surface area contributed by atoms with Crippen molar-refractivity contribution in [3.63, 3.8) is 0 Å². The molecule has 0 N–H and O–H groups in total. The van der Waals surface area contributed by atoms with Crippen molar-refractivity contribution in [3.8, 4) is 0 Å². The van der Waals surface area contributed by atoms with E-state index in [2.05, 4.69) is 0 Å². The molecule has 20 heavy (non-hydrogen) atoms. The van der Waals surface area contributed by atoms with Crippen LogP contribution in [0.5, 0.6) is 0 Å². The van der Waals surface area contributed by atoms with E-state index in [1.807, 2.05) is 0 Å². The van der Waals surface area contributed by atoms with Crippen LogP contribution in [0.4, 0.5) is 0 Å². The van der Waals surface area contributed by atoms with E-state index in [0.717, 1.165) is 0 Å². The first-order valence-corrected chi connectivity index (χ1v) is 11.0. The molecule has 0 nitrogen and oxygen atoms in total. The van der Waals surface area contributed by atoms with Crippen molar-refractivity contribution < 1.29 is 20.4 Å². The topological polar surface area (TPSA) is 0 Å². The summed E-state index contributed by atoms with van der Waals surface area (Å²) >= 11 is 0. The van der Waals surface area contributed by atoms with Gasteiger partial charge in [0.15, 0.2) is 0 Å². The average molecular weight is 388 g/mol. The van der Waals surface area contributed by atoms with E-state index in [4.69, 9.17) is 0 Å². The van der Waals surface area contributed by atoms with E-state index < -0.39 is 0 Å². The van der Waals surface area contributed by atoms with Crippen LogP contribution in [0.2, 0.25) is 0 Å². The molecule has 3 aliphatic rings. The average Bonchev–Trinajstić information content (AvgIpc) is 2.51. The Morgan fingerprint density at radius 2 is 0.650 bits per heavy atom. The van der Waals surface area contributed by atoms with Crippen molar-refractivity contribution in [3.05, 3.63) is 0 Å². The normalized spacial score (nSPS) is 27.4. The summed E-state index contributed by atoms with van der Waals surface area (Å²) in [6, 6.07) is 0. The SMILES string of the molecule is C1CCC([PH](C2CCCCC2)C2CCCCC2)CC1.[Pd]. The van der Waals surface area contributed by atoms with Crippen molar-refractivity contribution in [1.29, 1.82) is 0 Å². The van der Waals surface area contributed by atoms with Crippen molar-refractivity contribution in [2.75, 3.05) is 0 Å². The molecule has 1 radical (unpaired) electrons. The fraction of sp³-hybridized carbons (Fsp3) is 1.00. The van der Waals surface area contributed by atoms with Gasteiger partial charge in [-0.3, -0.25) is 0 Å². The van der Waals surface area contributed by atoms with Crippen molar-refractivity contribution in [2.45, 2.75) is 113 Å². The molecule has 3 saturated carbocycles. The minimum absolute atomic E-state index is 0. The molecule has 3 fully saturated rings. The van der Waals surface area contributed by atoms with Crippen molar-refractivity contribution in [1.82, 2.24) is 0 Å². The Kier molecular flexibility index (Phi) is 8.10. The first kappa shape index (κ1) is 17.4. The van der Waals surface area contributed by atoms with Gasteiger partial charge < -0.3 is 0 Å². The zero-order valence-electron chi connectivity index (χ0n) is 13.2. The van der Waals surface area contributed by atoms with Gasteiger partial charge in [0.2, 0.25) is 0 Å². The molecule has 0 amide bonds. The van der Waals surface area contributed by atoms with Crippen LogP contribution in [-0.4, -0.2) is 17.0 Å². The molecule has 3 rings (SSSR count). The summed E-state index contributed by atoms with van der Waals surface area (Å²) in [6.45, 7) is 0. The predicted octanol–water partition coefficient (Wildman–Crippen LogP) is 6.20. The smallest absolute Gasteiger partial charge is 0 e. The van der Waals surface area contributed by atoms with E-state index in [1.54, 1.807) is 96.3 Å². The number of hydrogen-bond acceptors (Lipinski definition) is 0. The minimum Gasteiger partial charge on any atom is -0.129 e. The van der Waals surface area contributed by atoms with E-state index in [1.165, 1.54) is 17.0 Å². The molecule has 0 heterocycles. The maximum absolute atomic E-state index is 1.63. The number of hydrogen-bond donors (Lipinski definition) is 0. The van der Waals surface area contributed by atoms with Crippen LogP contribution in [0.3, 0.4) is 0 Å². The maximum atomic E-state index is 1.63. The van der Waals surface area contributed by atoms with Gasteiger partial charge in [0.05, 0.1) is 0 Å². The Hall–Kier alpha value is 1.09. The van der Waals surface area contributed by atoms with Gasteiger partial charge in [-0.25, -0.2) is 0 Å². The predicted molar refractivity (Wildman–Crippen MR) is 88.9 cm³/mol. The third-order valence-electron chi connectivity index (χ3n) is 6.23. The van der Waals surface area contributed by atoms with Crippen LogP contribution in [0.1, 0.15) is 96.3 Å². The van der Waals surface area contributed by atoms with Gasteiger partial charge in [-0.15, -0.1) is 7.92 Å². The molecule has 0 aromatic carbocycles. The van der Waals surface area contributed by atoms with Gasteiger partial charge in [-0.2, -0.15) is 0 Å². The van der Waals surface area contributed by atoms with Gasteiger partial charge in [0.25, 0.3) is 0 Å². The van der Waals surface area contributed by atoms with Crippen molar-refractivity contribution in [2.24, 2.45) is 0 Å². The van der Waals surface area contributed by atoms with Crippen LogP contribution in [-0.2, 0) is 20.4 Å². The molecule has 2 heteroatoms. The largest absolute Gasteiger partial charge is 0.129 e. The van der Waals surface area contributed by atoms with Gasteiger partial charge in [0.1, 0.15) is 0 Å². The molecule has 0 unspecified atom stereocenters. The second kappa shape index (κ2) is 9.28. The van der Waals surface area contributed by atoms with Crippen LogP contribution in [0, 0.1) is 0 Å². The molecule has 3 aliphatic carbocycles. The molecular weight excluding hydrogens is 354 g/mol. The summed E-state index contributed by atoms with van der Waals surface area (Å²) in [6.07, 6.45) is 23.8. The van der Waals surface area contributed by atoms with E-state index in [0.29, 0.717) is 0 Å². The molecular formula is C18H34PPd. The summed E-state index contributed by atoms with van der Waals surface area (Å²) in [5, 5.41) is 0. The van der Waals surface area contributed by atoms with Crippen LogP contribution in [0.25, 0.3) is 0 Å². The zero-order chi connectivity index (χ0) is 12.9. The second-order valence-corrected chi connectivity index (χ2v) is 11.0. The first-order chi connectivity index (χ1) is 9.45. The summed E-state index contributed by atoms with van der Waals surface area (Å²) in [7, 11) is -0.0465. The molecule has 121 valence electrons. The standard InChI is InChI=1S/C18H34P.Pd/c1-4-10-16(11-5-1)19(17-12-6-2-7-13-17)18-14-8-3-9-15-18;/h16-19H,1-15H2;. The number of rotatable bonds is 3. The Morgan fingerprint density at radius 1 is 0.400 bits per heavy atom. The zero-order valence-corrected chi connectivity index (χ0v) is 15.7. The summed E-state index contributed by atoms with van der Waals surface area (Å²) in [5.41, 5.74) is 3.68. The summed E-state index contributed by atoms with van der Waals surface area (Å²) in [5.74, 6) is 0. The van der Waals surface area contributed by atoms with Crippen LogP contribution in [0.15, 0.2) is 0 Å². The van der Waals surface area contributed by atoms with E-state index in [9.17, 15) is 0 Å². The van der Waals surface area contributed by atoms with Crippen molar-refractivity contribution >= 4 is 7.92 Å². The van der Waals surface area contributed by atoms with Gasteiger partial charge >= 0.3 is 0 Å². The quantitative estimate of drug-likeness (QED) is 0.399. The monoisotopic (exact) mass is 387 g/mol. The Morgan fingerprint density at radius 3 is 0.900 bits per heavy atom. The molecule has 0 spiro atoms. The molecule has 0 atom stereocenters. The van der Waals surface area contributed by atoms with Gasteiger partial charge in [-0.1, -0.05) is 57.8 Å². The van der Waals surface area contributed by atoms with Gasteiger partial charge in [0, 0.05) is 20.4 Å². The minimum atomic E-state index is -0.0465. The second-order valence-electron chi connectivity index (χ2n) is 7.50. The summed E-state index contributed by atoms with van der Waals surface area (Å²) in [4.78, 5) is 0. The molecule has 0 bridgehead atoms. The van der Waals surface area contributed by atoms with E-state index in [-0.39, 0.29) is 28.3 Å². The summed E-state index contributed by atoms with van der Waals surface area (Å²) < 4.78 is 0. The third kappa shape index (κ3) is 4.54. The Bertz CT molecular complexity index is 207. The van der Waals surface area contributed by atoms with Gasteiger partial charge in [-0.05, 0) is 55.5 Å². The van der Waals surface area contributed by atoms with E-state index >= 15 is 0 Å². The van der Waals surface area contributed by atoms with Crippen LogP contribution < -0.4 is 0 Å². The maximum Gasteiger partial charge on any atom is 0 e. The molecule has 0 saturated heterocycles. The fourth-order valence-electron chi connectivity index (χ4n) is 5.31. The molecule has 0 aromatic rings. The molecule has 0 aromatic heterocycles. The third-order valence-corrected chi connectivity index (χ3v) is 10.8. The molecule has 0 aliphatic heterocycles. The Labute approximate surface area is 141 Å². The Balaban J connectivity index is 0.00000147.